The van der Waals surface area contributed by atoms with Crippen LogP contribution in [-0.4, -0.2) is 41.5 Å². The molecule has 2 aromatic heterocycles. The maximum Gasteiger partial charge on any atom is 0.453 e. The third-order valence-electron chi connectivity index (χ3n) is 3.55. The molecule has 0 saturated carbocycles. The first-order valence-electron chi connectivity index (χ1n) is 7.45. The second-order valence-electron chi connectivity index (χ2n) is 5.52. The van der Waals surface area contributed by atoms with Crippen molar-refractivity contribution in [3.8, 4) is 22.8 Å². The van der Waals surface area contributed by atoms with Gasteiger partial charge in [-0.2, -0.15) is 13.2 Å². The second-order valence-corrected chi connectivity index (χ2v) is 7.49. The number of ether oxygens (including phenoxy) is 1. The quantitative estimate of drug-likeness (QED) is 0.672. The first kappa shape index (κ1) is 18.8. The molecule has 0 fully saturated rings. The third-order valence-corrected chi connectivity index (χ3v) is 4.56. The number of halogens is 3. The van der Waals surface area contributed by atoms with Crippen molar-refractivity contribution in [2.75, 3.05) is 13.4 Å². The van der Waals surface area contributed by atoms with Gasteiger partial charge >= 0.3 is 6.18 Å². The van der Waals surface area contributed by atoms with Gasteiger partial charge in [-0.05, 0) is 36.4 Å². The minimum absolute atomic E-state index is 0.0705. The Labute approximate surface area is 152 Å². The van der Waals surface area contributed by atoms with Crippen molar-refractivity contribution < 1.29 is 26.3 Å². The lowest BCUT2D eigenvalue weighted by atomic mass is 10.2. The minimum Gasteiger partial charge on any atom is -0.497 e. The van der Waals surface area contributed by atoms with Crippen molar-refractivity contribution in [1.82, 2.24) is 19.7 Å². The number of sulfone groups is 1. The van der Waals surface area contributed by atoms with Crippen LogP contribution < -0.4 is 4.74 Å². The second kappa shape index (κ2) is 6.65. The summed E-state index contributed by atoms with van der Waals surface area (Å²) in [6.45, 7) is 0. The molecular formula is C16H13F3N4O3S. The molecule has 0 bridgehead atoms. The van der Waals surface area contributed by atoms with Gasteiger partial charge in [0, 0.05) is 11.8 Å². The Morgan fingerprint density at radius 3 is 2.22 bits per heavy atom. The van der Waals surface area contributed by atoms with E-state index in [0.29, 0.717) is 11.3 Å². The summed E-state index contributed by atoms with van der Waals surface area (Å²) in [6, 6.07) is 8.73. The first-order chi connectivity index (χ1) is 12.6. The zero-order chi connectivity index (χ0) is 19.8. The van der Waals surface area contributed by atoms with Crippen molar-refractivity contribution in [1.29, 1.82) is 0 Å². The lowest BCUT2D eigenvalue weighted by molar-refractivity contribution is -0.144. The van der Waals surface area contributed by atoms with Crippen molar-refractivity contribution >= 4 is 9.84 Å². The molecule has 0 spiro atoms. The fourth-order valence-corrected chi connectivity index (χ4v) is 2.82. The molecule has 7 nitrogen and oxygen atoms in total. The number of hydrogen-bond donors (Lipinski definition) is 0. The molecule has 27 heavy (non-hydrogen) atoms. The van der Waals surface area contributed by atoms with Gasteiger partial charge in [-0.3, -0.25) is 0 Å². The van der Waals surface area contributed by atoms with Crippen molar-refractivity contribution in [3.05, 3.63) is 48.4 Å². The predicted octanol–water partition coefficient (Wildman–Crippen LogP) is 2.76. The van der Waals surface area contributed by atoms with E-state index in [1.807, 2.05) is 0 Å². The summed E-state index contributed by atoms with van der Waals surface area (Å²) in [5.41, 5.74) is 0.502. The van der Waals surface area contributed by atoms with E-state index in [1.54, 1.807) is 12.1 Å². The molecule has 0 unspecified atom stereocenters. The zero-order valence-corrected chi connectivity index (χ0v) is 14.9. The maximum absolute atomic E-state index is 13.1. The molecule has 0 N–H and O–H groups in total. The van der Waals surface area contributed by atoms with Crippen molar-refractivity contribution in [2.45, 2.75) is 11.2 Å². The van der Waals surface area contributed by atoms with Crippen LogP contribution in [0.25, 0.3) is 17.1 Å². The van der Waals surface area contributed by atoms with E-state index in [2.05, 4.69) is 15.1 Å². The van der Waals surface area contributed by atoms with Gasteiger partial charge in [0.15, 0.2) is 20.7 Å². The van der Waals surface area contributed by atoms with E-state index in [0.717, 1.165) is 17.1 Å². The van der Waals surface area contributed by atoms with E-state index in [9.17, 15) is 21.6 Å². The van der Waals surface area contributed by atoms with Gasteiger partial charge < -0.3 is 4.74 Å². The van der Waals surface area contributed by atoms with Crippen LogP contribution in [0.3, 0.4) is 0 Å². The Morgan fingerprint density at radius 2 is 1.74 bits per heavy atom. The monoisotopic (exact) mass is 398 g/mol. The number of pyridine rings is 1. The minimum atomic E-state index is -4.74. The summed E-state index contributed by atoms with van der Waals surface area (Å²) in [6.07, 6.45) is -2.64. The summed E-state index contributed by atoms with van der Waals surface area (Å²) in [4.78, 5) is 7.38. The van der Waals surface area contributed by atoms with E-state index in [-0.39, 0.29) is 16.5 Å². The molecule has 1 aromatic carbocycles. The van der Waals surface area contributed by atoms with E-state index >= 15 is 0 Å². The summed E-state index contributed by atoms with van der Waals surface area (Å²) in [7, 11) is -2.07. The van der Waals surface area contributed by atoms with Crippen LogP contribution in [0, 0.1) is 0 Å². The third kappa shape index (κ3) is 3.92. The fourth-order valence-electron chi connectivity index (χ4n) is 2.26. The van der Waals surface area contributed by atoms with Crippen molar-refractivity contribution in [2.24, 2.45) is 0 Å². The molecule has 3 rings (SSSR count). The van der Waals surface area contributed by atoms with Crippen LogP contribution in [0.2, 0.25) is 0 Å². The number of benzene rings is 1. The molecule has 0 atom stereocenters. The lowest BCUT2D eigenvalue weighted by Crippen LogP contribution is -2.09. The average molecular weight is 398 g/mol. The molecule has 0 aliphatic heterocycles. The van der Waals surface area contributed by atoms with Gasteiger partial charge in [0.1, 0.15) is 5.75 Å². The van der Waals surface area contributed by atoms with E-state index in [4.69, 9.17) is 4.74 Å². The molecule has 2 heterocycles. The molecule has 0 radical (unpaired) electrons. The number of methoxy groups -OCH3 is 1. The van der Waals surface area contributed by atoms with Gasteiger partial charge in [-0.15, -0.1) is 5.10 Å². The topological polar surface area (TPSA) is 87.0 Å². The molecular weight excluding hydrogens is 385 g/mol. The Kier molecular flexibility index (Phi) is 4.64. The van der Waals surface area contributed by atoms with Gasteiger partial charge in [-0.25, -0.2) is 23.1 Å². The zero-order valence-electron chi connectivity index (χ0n) is 14.1. The van der Waals surface area contributed by atoms with Gasteiger partial charge in [0.25, 0.3) is 5.82 Å². The summed E-state index contributed by atoms with van der Waals surface area (Å²) >= 11 is 0. The molecule has 142 valence electrons. The number of alkyl halides is 3. The van der Waals surface area contributed by atoms with Crippen LogP contribution >= 0.6 is 0 Å². The highest BCUT2D eigenvalue weighted by molar-refractivity contribution is 7.90. The van der Waals surface area contributed by atoms with Gasteiger partial charge in [0.2, 0.25) is 0 Å². The molecule has 11 heteroatoms. The van der Waals surface area contributed by atoms with Crippen LogP contribution in [0.15, 0.2) is 47.6 Å². The van der Waals surface area contributed by atoms with Crippen LogP contribution in [0.1, 0.15) is 5.82 Å². The molecule has 0 aliphatic rings. The molecule has 0 amide bonds. The van der Waals surface area contributed by atoms with Crippen LogP contribution in [0.4, 0.5) is 13.2 Å². The fraction of sp³-hybridized carbons (Fsp3) is 0.188. The number of nitrogens with zero attached hydrogens (tertiary/aromatic N) is 4. The number of rotatable bonds is 4. The average Bonchev–Trinajstić information content (AvgIpc) is 3.07. The van der Waals surface area contributed by atoms with E-state index in [1.165, 1.54) is 31.4 Å². The highest BCUT2D eigenvalue weighted by Crippen LogP contribution is 2.31. The largest absolute Gasteiger partial charge is 0.497 e. The highest BCUT2D eigenvalue weighted by atomic mass is 32.2. The Balaban J connectivity index is 2.14. The molecule has 0 aliphatic carbocycles. The van der Waals surface area contributed by atoms with Gasteiger partial charge in [0.05, 0.1) is 19.0 Å². The maximum atomic E-state index is 13.1. The summed E-state index contributed by atoms with van der Waals surface area (Å²) in [5.74, 6) is -0.862. The summed E-state index contributed by atoms with van der Waals surface area (Å²) in [5, 5.41) is 3.32. The number of aromatic nitrogens is 4. The van der Waals surface area contributed by atoms with Crippen LogP contribution in [0.5, 0.6) is 5.75 Å². The highest BCUT2D eigenvalue weighted by Gasteiger charge is 2.37. The summed E-state index contributed by atoms with van der Waals surface area (Å²) < 4.78 is 68.3. The van der Waals surface area contributed by atoms with E-state index < -0.39 is 21.8 Å². The smallest absolute Gasteiger partial charge is 0.453 e. The molecule has 3 aromatic rings. The van der Waals surface area contributed by atoms with Crippen LogP contribution in [-0.2, 0) is 16.0 Å². The Morgan fingerprint density at radius 1 is 1.07 bits per heavy atom. The predicted molar refractivity (Wildman–Crippen MR) is 89.3 cm³/mol. The SMILES string of the molecule is COc1ccc(-c2nc(C(F)(F)F)nn2-c2ccc(S(C)(=O)=O)nc2)cc1. The lowest BCUT2D eigenvalue weighted by Gasteiger charge is -2.07. The molecule has 0 saturated heterocycles. The first-order valence-corrected chi connectivity index (χ1v) is 9.34. The number of hydrogen-bond acceptors (Lipinski definition) is 6. The van der Waals surface area contributed by atoms with Crippen molar-refractivity contribution in [3.63, 3.8) is 0 Å². The Bertz CT molecular complexity index is 1060. The standard InChI is InChI=1S/C16H13F3N4O3S/c1-26-12-6-3-10(4-7-12)14-21-15(16(17,18)19)22-23(14)11-5-8-13(20-9-11)27(2,24)25/h3-9H,1-2H3. The Hall–Kier alpha value is -2.95. The van der Waals surface area contributed by atoms with Gasteiger partial charge in [-0.1, -0.05) is 0 Å². The normalized spacial score (nSPS) is 12.2.